The van der Waals surface area contributed by atoms with Crippen LogP contribution in [-0.4, -0.2) is 23.4 Å². The molecule has 84 valence electrons. The summed E-state index contributed by atoms with van der Waals surface area (Å²) in [5.74, 6) is 0.739. The van der Waals surface area contributed by atoms with Gasteiger partial charge in [0.1, 0.15) is 5.75 Å². The molecule has 1 rings (SSSR count). The Balaban J connectivity index is 2.60. The summed E-state index contributed by atoms with van der Waals surface area (Å²) < 4.78 is 5.07. The summed E-state index contributed by atoms with van der Waals surface area (Å²) in [6, 6.07) is 7.35. The molecule has 0 aliphatic rings. The van der Waals surface area contributed by atoms with Crippen LogP contribution in [0.1, 0.15) is 31.4 Å². The Labute approximate surface area is 90.3 Å². The Morgan fingerprint density at radius 2 is 2.00 bits per heavy atom. The molecule has 0 radical (unpaired) electrons. The predicted octanol–water partition coefficient (Wildman–Crippen LogP) is 1.89. The third-order valence-corrected chi connectivity index (χ3v) is 2.34. The summed E-state index contributed by atoms with van der Waals surface area (Å²) >= 11 is 0. The molecule has 0 saturated heterocycles. The highest BCUT2D eigenvalue weighted by molar-refractivity contribution is 5.29. The first kappa shape index (κ1) is 12.0. The molecule has 1 aromatic carbocycles. The molecule has 0 spiro atoms. The van der Waals surface area contributed by atoms with Crippen molar-refractivity contribution >= 4 is 0 Å². The van der Waals surface area contributed by atoms with Gasteiger partial charge in [-0.1, -0.05) is 12.1 Å². The quantitative estimate of drug-likeness (QED) is 0.780. The van der Waals surface area contributed by atoms with E-state index in [-0.39, 0.29) is 6.10 Å². The van der Waals surface area contributed by atoms with E-state index < -0.39 is 6.10 Å². The van der Waals surface area contributed by atoms with Crippen molar-refractivity contribution in [1.29, 1.82) is 0 Å². The number of hydrogen-bond donors (Lipinski definition) is 2. The monoisotopic (exact) mass is 210 g/mol. The molecule has 0 aliphatic heterocycles. The topological polar surface area (TPSA) is 49.7 Å². The second-order valence-electron chi connectivity index (χ2n) is 3.72. The van der Waals surface area contributed by atoms with Gasteiger partial charge in [0, 0.05) is 0 Å². The van der Waals surface area contributed by atoms with Gasteiger partial charge < -0.3 is 14.9 Å². The Kier molecular flexibility index (Phi) is 4.59. The number of hydrogen-bond acceptors (Lipinski definition) is 3. The van der Waals surface area contributed by atoms with Crippen molar-refractivity contribution in [3.8, 4) is 5.75 Å². The molecule has 3 heteroatoms. The maximum Gasteiger partial charge on any atom is 0.119 e. The van der Waals surface area contributed by atoms with Crippen molar-refractivity contribution in [2.24, 2.45) is 0 Å². The standard InChI is InChI=1S/C12H18O3/c1-9(13)6-7-12(14)10-4-3-5-11(8-10)15-2/h3-5,8-9,12-14H,6-7H2,1-2H3. The summed E-state index contributed by atoms with van der Waals surface area (Å²) in [5.41, 5.74) is 0.829. The van der Waals surface area contributed by atoms with Crippen molar-refractivity contribution in [2.45, 2.75) is 32.0 Å². The highest BCUT2D eigenvalue weighted by atomic mass is 16.5. The maximum atomic E-state index is 9.82. The van der Waals surface area contributed by atoms with Gasteiger partial charge >= 0.3 is 0 Å². The normalized spacial score (nSPS) is 14.7. The molecule has 2 unspecified atom stereocenters. The lowest BCUT2D eigenvalue weighted by molar-refractivity contribution is 0.123. The number of aliphatic hydroxyl groups is 2. The van der Waals surface area contributed by atoms with E-state index in [1.165, 1.54) is 0 Å². The van der Waals surface area contributed by atoms with Crippen molar-refractivity contribution in [3.05, 3.63) is 29.8 Å². The third-order valence-electron chi connectivity index (χ3n) is 2.34. The van der Waals surface area contributed by atoms with Gasteiger partial charge in [-0.05, 0) is 37.5 Å². The fraction of sp³-hybridized carbons (Fsp3) is 0.500. The zero-order valence-corrected chi connectivity index (χ0v) is 9.18. The van der Waals surface area contributed by atoms with Crippen LogP contribution in [0.25, 0.3) is 0 Å². The summed E-state index contributed by atoms with van der Waals surface area (Å²) in [6.45, 7) is 1.72. The van der Waals surface area contributed by atoms with Gasteiger partial charge in [0.2, 0.25) is 0 Å². The van der Waals surface area contributed by atoms with Crippen molar-refractivity contribution in [3.63, 3.8) is 0 Å². The van der Waals surface area contributed by atoms with Crippen molar-refractivity contribution in [1.82, 2.24) is 0 Å². The molecule has 1 aromatic rings. The van der Waals surface area contributed by atoms with Crippen LogP contribution in [0.2, 0.25) is 0 Å². The predicted molar refractivity (Wildman–Crippen MR) is 58.9 cm³/mol. The Hall–Kier alpha value is -1.06. The molecule has 15 heavy (non-hydrogen) atoms. The van der Waals surface area contributed by atoms with Crippen LogP contribution in [0.5, 0.6) is 5.75 Å². The number of methoxy groups -OCH3 is 1. The van der Waals surface area contributed by atoms with Crippen LogP contribution < -0.4 is 4.74 Å². The second-order valence-corrected chi connectivity index (χ2v) is 3.72. The van der Waals surface area contributed by atoms with Crippen molar-refractivity contribution < 1.29 is 14.9 Å². The van der Waals surface area contributed by atoms with Crippen LogP contribution >= 0.6 is 0 Å². The van der Waals surface area contributed by atoms with E-state index in [4.69, 9.17) is 9.84 Å². The average molecular weight is 210 g/mol. The van der Waals surface area contributed by atoms with Crippen LogP contribution in [-0.2, 0) is 0 Å². The summed E-state index contributed by atoms with van der Waals surface area (Å²) in [4.78, 5) is 0. The van der Waals surface area contributed by atoms with Gasteiger partial charge in [-0.15, -0.1) is 0 Å². The van der Waals surface area contributed by atoms with Gasteiger partial charge in [0.15, 0.2) is 0 Å². The smallest absolute Gasteiger partial charge is 0.119 e. The lowest BCUT2D eigenvalue weighted by Crippen LogP contribution is -2.04. The summed E-state index contributed by atoms with van der Waals surface area (Å²) in [5, 5.41) is 18.9. The number of ether oxygens (including phenoxy) is 1. The van der Waals surface area contributed by atoms with E-state index in [0.717, 1.165) is 11.3 Å². The zero-order valence-electron chi connectivity index (χ0n) is 9.18. The van der Waals surface area contributed by atoms with Gasteiger partial charge in [-0.3, -0.25) is 0 Å². The van der Waals surface area contributed by atoms with E-state index in [1.54, 1.807) is 14.0 Å². The maximum absolute atomic E-state index is 9.82. The summed E-state index contributed by atoms with van der Waals surface area (Å²) in [6.07, 6.45) is 0.253. The van der Waals surface area contributed by atoms with Gasteiger partial charge in [0.05, 0.1) is 19.3 Å². The Morgan fingerprint density at radius 3 is 2.60 bits per heavy atom. The zero-order chi connectivity index (χ0) is 11.3. The van der Waals surface area contributed by atoms with Crippen molar-refractivity contribution in [2.75, 3.05) is 7.11 Å². The van der Waals surface area contributed by atoms with Crippen LogP contribution in [0.3, 0.4) is 0 Å². The second kappa shape index (κ2) is 5.73. The minimum absolute atomic E-state index is 0.370. The minimum atomic E-state index is -0.533. The first-order chi connectivity index (χ1) is 7.13. The summed E-state index contributed by atoms with van der Waals surface area (Å²) in [7, 11) is 1.60. The molecule has 0 bridgehead atoms. The highest BCUT2D eigenvalue weighted by Gasteiger charge is 2.09. The fourth-order valence-corrected chi connectivity index (χ4v) is 1.41. The first-order valence-corrected chi connectivity index (χ1v) is 5.13. The SMILES string of the molecule is COc1cccc(C(O)CCC(C)O)c1. The number of benzene rings is 1. The molecular formula is C12H18O3. The molecule has 0 fully saturated rings. The Morgan fingerprint density at radius 1 is 1.27 bits per heavy atom. The fourth-order valence-electron chi connectivity index (χ4n) is 1.41. The lowest BCUT2D eigenvalue weighted by atomic mass is 10.0. The first-order valence-electron chi connectivity index (χ1n) is 5.13. The van der Waals surface area contributed by atoms with E-state index in [9.17, 15) is 5.11 Å². The molecule has 0 amide bonds. The molecule has 0 heterocycles. The molecule has 2 atom stereocenters. The molecule has 0 aromatic heterocycles. The molecule has 0 saturated carbocycles. The molecule has 0 aliphatic carbocycles. The molecule has 3 nitrogen and oxygen atoms in total. The molecule has 2 N–H and O–H groups in total. The average Bonchev–Trinajstić information content (AvgIpc) is 2.26. The minimum Gasteiger partial charge on any atom is -0.497 e. The largest absolute Gasteiger partial charge is 0.497 e. The van der Waals surface area contributed by atoms with E-state index >= 15 is 0 Å². The number of rotatable bonds is 5. The third kappa shape index (κ3) is 3.90. The highest BCUT2D eigenvalue weighted by Crippen LogP contribution is 2.22. The van der Waals surface area contributed by atoms with Gasteiger partial charge in [0.25, 0.3) is 0 Å². The number of aliphatic hydroxyl groups excluding tert-OH is 2. The van der Waals surface area contributed by atoms with Crippen LogP contribution in [0.4, 0.5) is 0 Å². The van der Waals surface area contributed by atoms with Crippen LogP contribution in [0.15, 0.2) is 24.3 Å². The van der Waals surface area contributed by atoms with E-state index in [0.29, 0.717) is 12.8 Å². The molecular weight excluding hydrogens is 192 g/mol. The van der Waals surface area contributed by atoms with E-state index in [1.807, 2.05) is 24.3 Å². The van der Waals surface area contributed by atoms with Gasteiger partial charge in [-0.25, -0.2) is 0 Å². The lowest BCUT2D eigenvalue weighted by Gasteiger charge is -2.12. The Bertz CT molecular complexity index is 297. The van der Waals surface area contributed by atoms with E-state index in [2.05, 4.69) is 0 Å². The van der Waals surface area contributed by atoms with Gasteiger partial charge in [-0.2, -0.15) is 0 Å². The van der Waals surface area contributed by atoms with Crippen LogP contribution in [0, 0.1) is 0 Å².